The zero-order valence-corrected chi connectivity index (χ0v) is 15.4. The number of carbonyl (C=O) groups excluding carboxylic acids is 1. The van der Waals surface area contributed by atoms with Gasteiger partial charge in [-0.2, -0.15) is 0 Å². The number of methoxy groups -OCH3 is 3. The standard InChI is InChI=1S/C20H23NO5/c1-5-16-14-11-17(23-2)18(24-3)12-15(14)20(26-16,21-19(22)25-4)13-9-7-6-8-10-13/h6-12,16H,5H2,1-4H3,(H,21,22). The summed E-state index contributed by atoms with van der Waals surface area (Å²) in [5.74, 6) is 1.19. The number of benzene rings is 2. The molecule has 1 amide bonds. The van der Waals surface area contributed by atoms with Crippen LogP contribution in [-0.4, -0.2) is 27.4 Å². The minimum Gasteiger partial charge on any atom is -0.493 e. The fourth-order valence-electron chi connectivity index (χ4n) is 3.37. The van der Waals surface area contributed by atoms with E-state index in [2.05, 4.69) is 5.32 Å². The molecule has 2 aromatic carbocycles. The van der Waals surface area contributed by atoms with Crippen molar-refractivity contribution in [3.8, 4) is 11.5 Å². The molecular formula is C20H23NO5. The van der Waals surface area contributed by atoms with Crippen molar-refractivity contribution >= 4 is 6.09 Å². The van der Waals surface area contributed by atoms with Crippen LogP contribution in [-0.2, 0) is 15.2 Å². The summed E-state index contributed by atoms with van der Waals surface area (Å²) in [4.78, 5) is 12.2. The van der Waals surface area contributed by atoms with Crippen LogP contribution in [0.1, 0.15) is 36.1 Å². The third-order valence-corrected chi connectivity index (χ3v) is 4.62. The zero-order chi connectivity index (χ0) is 18.7. The molecule has 1 N–H and O–H groups in total. The van der Waals surface area contributed by atoms with E-state index in [4.69, 9.17) is 18.9 Å². The van der Waals surface area contributed by atoms with Gasteiger partial charge in [0.2, 0.25) is 0 Å². The first kappa shape index (κ1) is 18.1. The maximum atomic E-state index is 12.2. The lowest BCUT2D eigenvalue weighted by Crippen LogP contribution is -2.46. The topological polar surface area (TPSA) is 66.0 Å². The predicted octanol–water partition coefficient (Wildman–Crippen LogP) is 3.74. The normalized spacial score (nSPS) is 21.0. The molecule has 0 aliphatic carbocycles. The largest absolute Gasteiger partial charge is 0.493 e. The van der Waals surface area contributed by atoms with Crippen LogP contribution in [0.5, 0.6) is 11.5 Å². The van der Waals surface area contributed by atoms with Gasteiger partial charge in [0.1, 0.15) is 0 Å². The molecule has 0 radical (unpaired) electrons. The monoisotopic (exact) mass is 357 g/mol. The van der Waals surface area contributed by atoms with Crippen molar-refractivity contribution in [2.24, 2.45) is 0 Å². The van der Waals surface area contributed by atoms with Gasteiger partial charge in [-0.25, -0.2) is 4.79 Å². The average molecular weight is 357 g/mol. The summed E-state index contributed by atoms with van der Waals surface area (Å²) >= 11 is 0. The quantitative estimate of drug-likeness (QED) is 0.883. The van der Waals surface area contributed by atoms with Gasteiger partial charge >= 0.3 is 6.09 Å². The van der Waals surface area contributed by atoms with Gasteiger partial charge in [0.15, 0.2) is 17.2 Å². The summed E-state index contributed by atoms with van der Waals surface area (Å²) in [6, 6.07) is 13.3. The first-order valence-electron chi connectivity index (χ1n) is 8.45. The number of ether oxygens (including phenoxy) is 4. The first-order valence-corrected chi connectivity index (χ1v) is 8.45. The van der Waals surface area contributed by atoms with Crippen LogP contribution < -0.4 is 14.8 Å². The Hall–Kier alpha value is -2.73. The summed E-state index contributed by atoms with van der Waals surface area (Å²) in [5, 5.41) is 2.89. The second-order valence-corrected chi connectivity index (χ2v) is 5.97. The summed E-state index contributed by atoms with van der Waals surface area (Å²) in [6.07, 6.45) is -0.0478. The molecule has 6 heteroatoms. The highest BCUT2D eigenvalue weighted by Gasteiger charge is 2.48. The fraction of sp³-hybridized carbons (Fsp3) is 0.350. The van der Waals surface area contributed by atoms with E-state index in [1.54, 1.807) is 14.2 Å². The highest BCUT2D eigenvalue weighted by molar-refractivity contribution is 5.70. The molecule has 0 bridgehead atoms. The number of alkyl carbamates (subject to hydrolysis) is 1. The summed E-state index contributed by atoms with van der Waals surface area (Å²) in [6.45, 7) is 2.03. The smallest absolute Gasteiger partial charge is 0.409 e. The summed E-state index contributed by atoms with van der Waals surface area (Å²) in [7, 11) is 4.50. The molecule has 0 saturated carbocycles. The lowest BCUT2D eigenvalue weighted by atomic mass is 9.91. The van der Waals surface area contributed by atoms with Gasteiger partial charge in [-0.1, -0.05) is 37.3 Å². The van der Waals surface area contributed by atoms with E-state index >= 15 is 0 Å². The van der Waals surface area contributed by atoms with E-state index in [1.165, 1.54) is 7.11 Å². The SMILES string of the molecule is CCC1OC(NC(=O)OC)(c2ccccc2)c2cc(OC)c(OC)cc21. The number of hydrogen-bond acceptors (Lipinski definition) is 5. The van der Waals surface area contributed by atoms with Gasteiger partial charge < -0.3 is 18.9 Å². The van der Waals surface area contributed by atoms with Gasteiger partial charge in [-0.05, 0) is 24.1 Å². The van der Waals surface area contributed by atoms with Crippen molar-refractivity contribution in [3.63, 3.8) is 0 Å². The predicted molar refractivity (Wildman–Crippen MR) is 96.4 cm³/mol. The molecule has 6 nitrogen and oxygen atoms in total. The molecule has 2 aromatic rings. The zero-order valence-electron chi connectivity index (χ0n) is 15.4. The third-order valence-electron chi connectivity index (χ3n) is 4.62. The Balaban J connectivity index is 2.25. The molecule has 2 atom stereocenters. The molecule has 2 unspecified atom stereocenters. The second kappa shape index (κ2) is 7.25. The van der Waals surface area contributed by atoms with E-state index in [1.807, 2.05) is 49.4 Å². The lowest BCUT2D eigenvalue weighted by molar-refractivity contribution is -0.0685. The molecule has 26 heavy (non-hydrogen) atoms. The number of carbonyl (C=O) groups is 1. The minimum absolute atomic E-state index is 0.206. The number of amides is 1. The van der Waals surface area contributed by atoms with Crippen molar-refractivity contribution in [1.29, 1.82) is 0 Å². The molecule has 1 aliphatic rings. The number of hydrogen-bond donors (Lipinski definition) is 1. The van der Waals surface area contributed by atoms with Gasteiger partial charge in [0.05, 0.1) is 27.4 Å². The van der Waals surface area contributed by atoms with Gasteiger partial charge in [-0.3, -0.25) is 5.32 Å². The molecule has 0 aromatic heterocycles. The Morgan fingerprint density at radius 3 is 2.35 bits per heavy atom. The second-order valence-electron chi connectivity index (χ2n) is 5.97. The van der Waals surface area contributed by atoms with E-state index < -0.39 is 11.8 Å². The van der Waals surface area contributed by atoms with Crippen LogP contribution in [0.2, 0.25) is 0 Å². The highest BCUT2D eigenvalue weighted by atomic mass is 16.6. The van der Waals surface area contributed by atoms with Crippen LogP contribution in [0.3, 0.4) is 0 Å². The number of fused-ring (bicyclic) bond motifs is 1. The maximum Gasteiger partial charge on any atom is 0.409 e. The summed E-state index contributed by atoms with van der Waals surface area (Å²) < 4.78 is 22.2. The average Bonchev–Trinajstić information content (AvgIpc) is 3.01. The third kappa shape index (κ3) is 2.86. The maximum absolute atomic E-state index is 12.2. The van der Waals surface area contributed by atoms with Crippen molar-refractivity contribution in [2.75, 3.05) is 21.3 Å². The van der Waals surface area contributed by atoms with Crippen molar-refractivity contribution in [1.82, 2.24) is 5.32 Å². The van der Waals surface area contributed by atoms with E-state index in [9.17, 15) is 4.79 Å². The van der Waals surface area contributed by atoms with Gasteiger partial charge in [-0.15, -0.1) is 0 Å². The van der Waals surface area contributed by atoms with E-state index in [0.29, 0.717) is 11.5 Å². The van der Waals surface area contributed by atoms with Gasteiger partial charge in [0.25, 0.3) is 0 Å². The Kier molecular flexibility index (Phi) is 5.04. The van der Waals surface area contributed by atoms with Crippen LogP contribution in [0.4, 0.5) is 4.79 Å². The molecule has 3 rings (SSSR count). The molecule has 0 spiro atoms. The fourth-order valence-corrected chi connectivity index (χ4v) is 3.37. The van der Waals surface area contributed by atoms with Crippen LogP contribution in [0, 0.1) is 0 Å². The van der Waals surface area contributed by atoms with Crippen LogP contribution in [0.25, 0.3) is 0 Å². The van der Waals surface area contributed by atoms with Gasteiger partial charge in [0, 0.05) is 11.1 Å². The highest BCUT2D eigenvalue weighted by Crippen LogP contribution is 2.50. The van der Waals surface area contributed by atoms with Crippen molar-refractivity contribution < 1.29 is 23.7 Å². The van der Waals surface area contributed by atoms with Crippen molar-refractivity contribution in [2.45, 2.75) is 25.2 Å². The Morgan fingerprint density at radius 1 is 1.12 bits per heavy atom. The molecule has 0 fully saturated rings. The molecule has 0 saturated heterocycles. The molecular weight excluding hydrogens is 334 g/mol. The minimum atomic E-state index is -1.16. The Bertz CT molecular complexity index is 792. The molecule has 138 valence electrons. The van der Waals surface area contributed by atoms with Crippen molar-refractivity contribution in [3.05, 3.63) is 59.2 Å². The van der Waals surface area contributed by atoms with Crippen LogP contribution >= 0.6 is 0 Å². The number of rotatable bonds is 5. The number of nitrogens with one attached hydrogen (secondary N) is 1. The first-order chi connectivity index (χ1) is 12.6. The molecule has 1 aliphatic heterocycles. The van der Waals surface area contributed by atoms with E-state index in [0.717, 1.165) is 23.1 Å². The Labute approximate surface area is 153 Å². The lowest BCUT2D eigenvalue weighted by Gasteiger charge is -2.31. The Morgan fingerprint density at radius 2 is 1.77 bits per heavy atom. The molecule has 1 heterocycles. The summed E-state index contributed by atoms with van der Waals surface area (Å²) in [5.41, 5.74) is 1.39. The van der Waals surface area contributed by atoms with Crippen LogP contribution in [0.15, 0.2) is 42.5 Å². The van der Waals surface area contributed by atoms with E-state index in [-0.39, 0.29) is 6.10 Å².